The third kappa shape index (κ3) is 2.18. The average molecular weight is 180 g/mol. The Labute approximate surface area is 76.8 Å². The number of benzene rings is 1. The monoisotopic (exact) mass is 180 g/mol. The fourth-order valence-electron chi connectivity index (χ4n) is 1.07. The molecule has 1 saturated carbocycles. The summed E-state index contributed by atoms with van der Waals surface area (Å²) in [6.07, 6.45) is 2.79. The van der Waals surface area contributed by atoms with Gasteiger partial charge in [0, 0.05) is 10.6 Å². The molecule has 1 aromatic rings. The van der Waals surface area contributed by atoms with Crippen LogP contribution in [0.4, 0.5) is 0 Å². The summed E-state index contributed by atoms with van der Waals surface area (Å²) in [5.41, 5.74) is 0. The standard InChI is InChI=1S/C10H12OS/c11-9-2-1-3-10(6-9)12-7-8-4-5-8/h1-3,6,8,11H,4-5,7H2. The van der Waals surface area contributed by atoms with Crippen LogP contribution in [0.1, 0.15) is 12.8 Å². The molecule has 1 aliphatic rings. The number of rotatable bonds is 3. The second-order valence-electron chi connectivity index (χ2n) is 3.25. The summed E-state index contributed by atoms with van der Waals surface area (Å²) in [5.74, 6) is 2.52. The zero-order chi connectivity index (χ0) is 8.39. The summed E-state index contributed by atoms with van der Waals surface area (Å²) < 4.78 is 0. The lowest BCUT2D eigenvalue weighted by atomic mass is 10.3. The van der Waals surface area contributed by atoms with Crippen molar-refractivity contribution in [1.29, 1.82) is 0 Å². The van der Waals surface area contributed by atoms with Gasteiger partial charge in [-0.05, 0) is 37.0 Å². The van der Waals surface area contributed by atoms with Gasteiger partial charge in [0.15, 0.2) is 0 Å². The Hall–Kier alpha value is -0.630. The molecule has 0 bridgehead atoms. The van der Waals surface area contributed by atoms with E-state index in [0.717, 1.165) is 5.92 Å². The SMILES string of the molecule is Oc1cccc(SCC2CC2)c1. The Balaban J connectivity index is 1.92. The van der Waals surface area contributed by atoms with E-state index in [2.05, 4.69) is 0 Å². The zero-order valence-electron chi connectivity index (χ0n) is 6.86. The Bertz CT molecular complexity index is 268. The highest BCUT2D eigenvalue weighted by molar-refractivity contribution is 7.99. The van der Waals surface area contributed by atoms with E-state index in [4.69, 9.17) is 0 Å². The maximum atomic E-state index is 9.18. The molecule has 0 atom stereocenters. The fourth-order valence-corrected chi connectivity index (χ4v) is 2.21. The van der Waals surface area contributed by atoms with Crippen LogP contribution in [0.5, 0.6) is 5.75 Å². The van der Waals surface area contributed by atoms with Gasteiger partial charge in [0.2, 0.25) is 0 Å². The van der Waals surface area contributed by atoms with Gasteiger partial charge in [-0.15, -0.1) is 11.8 Å². The van der Waals surface area contributed by atoms with E-state index in [1.165, 1.54) is 23.5 Å². The topological polar surface area (TPSA) is 20.2 Å². The van der Waals surface area contributed by atoms with Gasteiger partial charge in [0.05, 0.1) is 0 Å². The second kappa shape index (κ2) is 3.40. The molecule has 0 saturated heterocycles. The van der Waals surface area contributed by atoms with Crippen molar-refractivity contribution in [1.82, 2.24) is 0 Å². The van der Waals surface area contributed by atoms with Gasteiger partial charge < -0.3 is 5.11 Å². The van der Waals surface area contributed by atoms with E-state index in [9.17, 15) is 5.11 Å². The number of aromatic hydroxyl groups is 1. The second-order valence-corrected chi connectivity index (χ2v) is 4.35. The van der Waals surface area contributed by atoms with Crippen LogP contribution in [0.3, 0.4) is 0 Å². The lowest BCUT2D eigenvalue weighted by Crippen LogP contribution is -1.79. The molecule has 0 unspecified atom stereocenters. The molecule has 0 spiro atoms. The quantitative estimate of drug-likeness (QED) is 0.722. The fraction of sp³-hybridized carbons (Fsp3) is 0.400. The highest BCUT2D eigenvalue weighted by atomic mass is 32.2. The molecule has 0 aliphatic heterocycles. The van der Waals surface area contributed by atoms with Crippen molar-refractivity contribution in [3.05, 3.63) is 24.3 Å². The van der Waals surface area contributed by atoms with Crippen molar-refractivity contribution in [2.75, 3.05) is 5.75 Å². The van der Waals surface area contributed by atoms with E-state index in [1.807, 2.05) is 30.0 Å². The molecule has 64 valence electrons. The summed E-state index contributed by atoms with van der Waals surface area (Å²) in [6.45, 7) is 0. The van der Waals surface area contributed by atoms with Crippen molar-refractivity contribution in [3.63, 3.8) is 0 Å². The first-order chi connectivity index (χ1) is 5.84. The molecule has 0 amide bonds. The molecular formula is C10H12OS. The Kier molecular flexibility index (Phi) is 2.26. The Morgan fingerprint density at radius 1 is 1.42 bits per heavy atom. The molecule has 2 heteroatoms. The minimum atomic E-state index is 0.371. The van der Waals surface area contributed by atoms with Crippen LogP contribution >= 0.6 is 11.8 Å². The van der Waals surface area contributed by atoms with Crippen LogP contribution in [0, 0.1) is 5.92 Å². The lowest BCUT2D eigenvalue weighted by molar-refractivity contribution is 0.474. The normalized spacial score (nSPS) is 16.3. The maximum absolute atomic E-state index is 9.18. The van der Waals surface area contributed by atoms with Gasteiger partial charge in [0.1, 0.15) is 5.75 Å². The van der Waals surface area contributed by atoms with Crippen molar-refractivity contribution >= 4 is 11.8 Å². The van der Waals surface area contributed by atoms with Crippen LogP contribution < -0.4 is 0 Å². The van der Waals surface area contributed by atoms with Crippen LogP contribution in [-0.4, -0.2) is 10.9 Å². The molecule has 1 fully saturated rings. The molecule has 0 heterocycles. The lowest BCUT2D eigenvalue weighted by Gasteiger charge is -1.99. The predicted octanol–water partition coefficient (Wildman–Crippen LogP) is 2.89. The number of phenols is 1. The number of hydrogen-bond donors (Lipinski definition) is 1. The first-order valence-electron chi connectivity index (χ1n) is 4.26. The van der Waals surface area contributed by atoms with Gasteiger partial charge in [-0.3, -0.25) is 0 Å². The van der Waals surface area contributed by atoms with Crippen molar-refractivity contribution in [2.45, 2.75) is 17.7 Å². The molecular weight excluding hydrogens is 168 g/mol. The Morgan fingerprint density at radius 2 is 2.25 bits per heavy atom. The molecule has 2 rings (SSSR count). The molecule has 1 aliphatic carbocycles. The number of phenolic OH excluding ortho intramolecular Hbond substituents is 1. The summed E-state index contributed by atoms with van der Waals surface area (Å²) in [7, 11) is 0. The minimum absolute atomic E-state index is 0.371. The third-order valence-electron chi connectivity index (χ3n) is 2.00. The molecule has 1 aromatic carbocycles. The summed E-state index contributed by atoms with van der Waals surface area (Å²) in [4.78, 5) is 1.18. The molecule has 12 heavy (non-hydrogen) atoms. The first kappa shape index (κ1) is 7.99. The van der Waals surface area contributed by atoms with Gasteiger partial charge in [0.25, 0.3) is 0 Å². The minimum Gasteiger partial charge on any atom is -0.508 e. The average Bonchev–Trinajstić information content (AvgIpc) is 2.84. The molecule has 0 radical (unpaired) electrons. The molecule has 0 aromatic heterocycles. The molecule has 1 nitrogen and oxygen atoms in total. The van der Waals surface area contributed by atoms with Crippen molar-refractivity contribution in [3.8, 4) is 5.75 Å². The van der Waals surface area contributed by atoms with Crippen LogP contribution in [0.25, 0.3) is 0 Å². The highest BCUT2D eigenvalue weighted by Gasteiger charge is 2.20. The van der Waals surface area contributed by atoms with Crippen LogP contribution in [-0.2, 0) is 0 Å². The van der Waals surface area contributed by atoms with E-state index >= 15 is 0 Å². The smallest absolute Gasteiger partial charge is 0.116 e. The van der Waals surface area contributed by atoms with Gasteiger partial charge in [-0.2, -0.15) is 0 Å². The predicted molar refractivity (Wildman–Crippen MR) is 51.6 cm³/mol. The van der Waals surface area contributed by atoms with Crippen LogP contribution in [0.2, 0.25) is 0 Å². The summed E-state index contributed by atoms with van der Waals surface area (Å²) in [5, 5.41) is 9.18. The highest BCUT2D eigenvalue weighted by Crippen LogP contribution is 2.35. The van der Waals surface area contributed by atoms with E-state index < -0.39 is 0 Å². The number of thioether (sulfide) groups is 1. The van der Waals surface area contributed by atoms with Crippen molar-refractivity contribution in [2.24, 2.45) is 5.92 Å². The van der Waals surface area contributed by atoms with Gasteiger partial charge in [-0.1, -0.05) is 6.07 Å². The van der Waals surface area contributed by atoms with E-state index in [-0.39, 0.29) is 0 Å². The van der Waals surface area contributed by atoms with Crippen LogP contribution in [0.15, 0.2) is 29.2 Å². The maximum Gasteiger partial charge on any atom is 0.116 e. The van der Waals surface area contributed by atoms with E-state index in [1.54, 1.807) is 6.07 Å². The molecule has 1 N–H and O–H groups in total. The van der Waals surface area contributed by atoms with Gasteiger partial charge in [-0.25, -0.2) is 0 Å². The summed E-state index contributed by atoms with van der Waals surface area (Å²) in [6, 6.07) is 7.48. The third-order valence-corrected chi connectivity index (χ3v) is 3.23. The first-order valence-corrected chi connectivity index (χ1v) is 5.25. The Morgan fingerprint density at radius 3 is 2.92 bits per heavy atom. The zero-order valence-corrected chi connectivity index (χ0v) is 7.68. The van der Waals surface area contributed by atoms with Crippen molar-refractivity contribution < 1.29 is 5.11 Å². The summed E-state index contributed by atoms with van der Waals surface area (Å²) >= 11 is 1.85. The van der Waals surface area contributed by atoms with E-state index in [0.29, 0.717) is 5.75 Å². The number of hydrogen-bond acceptors (Lipinski definition) is 2. The van der Waals surface area contributed by atoms with Gasteiger partial charge >= 0.3 is 0 Å². The largest absolute Gasteiger partial charge is 0.508 e.